The summed E-state index contributed by atoms with van der Waals surface area (Å²) in [4.78, 5) is 8.49. The Balaban J connectivity index is 2.42. The van der Waals surface area contributed by atoms with Gasteiger partial charge in [0, 0.05) is 16.6 Å². The summed E-state index contributed by atoms with van der Waals surface area (Å²) in [7, 11) is 0. The van der Waals surface area contributed by atoms with Crippen LogP contribution in [0.1, 0.15) is 19.4 Å². The van der Waals surface area contributed by atoms with Crippen LogP contribution in [0.25, 0.3) is 0 Å². The van der Waals surface area contributed by atoms with Crippen molar-refractivity contribution in [2.24, 2.45) is 0 Å². The van der Waals surface area contributed by atoms with E-state index in [0.717, 1.165) is 24.3 Å². The molecule has 0 atom stereocenters. The van der Waals surface area contributed by atoms with Crippen molar-refractivity contribution >= 4 is 44.9 Å². The lowest BCUT2D eigenvalue weighted by molar-refractivity contribution is 0.627. The summed E-state index contributed by atoms with van der Waals surface area (Å²) in [6.45, 7) is 4.79. The number of nitrogens with one attached hydrogen (secondary N) is 2. The fourth-order valence-corrected chi connectivity index (χ4v) is 2.85. The zero-order valence-corrected chi connectivity index (χ0v) is 14.0. The number of halogens is 3. The lowest BCUT2D eigenvalue weighted by atomic mass is 10.2. The van der Waals surface area contributed by atoms with Gasteiger partial charge in [-0.1, -0.05) is 18.5 Å². The van der Waals surface area contributed by atoms with E-state index in [4.69, 9.17) is 11.6 Å². The van der Waals surface area contributed by atoms with Crippen LogP contribution >= 0.6 is 27.5 Å². The third-order valence-corrected chi connectivity index (χ3v) is 3.82. The molecule has 2 aromatic rings. The van der Waals surface area contributed by atoms with Crippen LogP contribution in [-0.4, -0.2) is 16.5 Å². The molecule has 2 rings (SSSR count). The van der Waals surface area contributed by atoms with E-state index in [1.54, 1.807) is 0 Å². The summed E-state index contributed by atoms with van der Waals surface area (Å²) in [5.41, 5.74) is 1.53. The molecule has 1 aromatic carbocycles. The molecule has 0 saturated carbocycles. The molecule has 0 saturated heterocycles. The summed E-state index contributed by atoms with van der Waals surface area (Å²) < 4.78 is 13.8. The molecular weight excluding hydrogens is 359 g/mol. The Bertz CT molecular complexity index is 628. The van der Waals surface area contributed by atoms with E-state index in [-0.39, 0.29) is 5.02 Å². The molecule has 21 heavy (non-hydrogen) atoms. The molecule has 0 aliphatic carbocycles. The van der Waals surface area contributed by atoms with Crippen LogP contribution in [0.5, 0.6) is 0 Å². The zero-order chi connectivity index (χ0) is 15.4. The Morgan fingerprint density at radius 3 is 2.57 bits per heavy atom. The highest BCUT2D eigenvalue weighted by molar-refractivity contribution is 9.10. The number of rotatable bonds is 5. The van der Waals surface area contributed by atoms with Crippen LogP contribution in [0.2, 0.25) is 5.02 Å². The molecule has 2 N–H and O–H groups in total. The molecule has 0 spiro atoms. The Hall–Kier alpha value is -1.40. The minimum atomic E-state index is -0.399. The van der Waals surface area contributed by atoms with E-state index in [1.807, 2.05) is 13.8 Å². The third-order valence-electron chi connectivity index (χ3n) is 2.89. The Labute approximate surface area is 136 Å². The molecule has 0 bridgehead atoms. The van der Waals surface area contributed by atoms with E-state index < -0.39 is 5.82 Å². The Kier molecular flexibility index (Phi) is 5.36. The van der Waals surface area contributed by atoms with Gasteiger partial charge in [-0.3, -0.25) is 0 Å². The normalized spacial score (nSPS) is 10.5. The number of nitrogens with zero attached hydrogens (tertiary/aromatic N) is 2. The predicted octanol–water partition coefficient (Wildman–Crippen LogP) is 4.77. The van der Waals surface area contributed by atoms with Crippen LogP contribution in [0.15, 0.2) is 22.9 Å². The molecular formula is C14H15BrClFN4. The highest BCUT2D eigenvalue weighted by Gasteiger charge is 2.13. The molecule has 4 nitrogen and oxygen atoms in total. The van der Waals surface area contributed by atoms with Crippen molar-refractivity contribution in [3.05, 3.63) is 39.3 Å². The van der Waals surface area contributed by atoms with Gasteiger partial charge in [0.25, 0.3) is 0 Å². The first-order chi connectivity index (χ1) is 10.1. The van der Waals surface area contributed by atoms with Gasteiger partial charge >= 0.3 is 0 Å². The van der Waals surface area contributed by atoms with E-state index >= 15 is 0 Å². The smallest absolute Gasteiger partial charge is 0.139 e. The first kappa shape index (κ1) is 16.0. The summed E-state index contributed by atoms with van der Waals surface area (Å²) in [5.74, 6) is 1.04. The zero-order valence-electron chi connectivity index (χ0n) is 11.7. The van der Waals surface area contributed by atoms with E-state index in [9.17, 15) is 4.39 Å². The topological polar surface area (TPSA) is 49.8 Å². The van der Waals surface area contributed by atoms with Crippen molar-refractivity contribution in [3.63, 3.8) is 0 Å². The maximum absolute atomic E-state index is 13.3. The summed E-state index contributed by atoms with van der Waals surface area (Å²) in [5, 5.41) is 6.63. The van der Waals surface area contributed by atoms with E-state index in [0.29, 0.717) is 16.0 Å². The maximum Gasteiger partial charge on any atom is 0.139 e. The number of hydrogen-bond donors (Lipinski definition) is 2. The number of anilines is 3. The molecule has 0 aliphatic rings. The van der Waals surface area contributed by atoms with Crippen LogP contribution in [0.4, 0.5) is 21.7 Å². The average molecular weight is 374 g/mol. The lowest BCUT2D eigenvalue weighted by Gasteiger charge is -2.15. The van der Waals surface area contributed by atoms with Crippen molar-refractivity contribution in [2.75, 3.05) is 17.2 Å². The molecule has 0 unspecified atom stereocenters. The average Bonchev–Trinajstić information content (AvgIpc) is 2.43. The van der Waals surface area contributed by atoms with Crippen molar-refractivity contribution < 1.29 is 4.39 Å². The predicted molar refractivity (Wildman–Crippen MR) is 88.0 cm³/mol. The first-order valence-corrected chi connectivity index (χ1v) is 7.73. The molecule has 112 valence electrons. The highest BCUT2D eigenvalue weighted by atomic mass is 79.9. The van der Waals surface area contributed by atoms with Crippen LogP contribution in [0, 0.1) is 5.82 Å². The van der Waals surface area contributed by atoms with Gasteiger partial charge in [0.05, 0.1) is 10.7 Å². The van der Waals surface area contributed by atoms with Crippen molar-refractivity contribution in [1.82, 2.24) is 9.97 Å². The quantitative estimate of drug-likeness (QED) is 0.792. The minimum absolute atomic E-state index is 0.285. The van der Waals surface area contributed by atoms with Gasteiger partial charge in [-0.2, -0.15) is 0 Å². The maximum atomic E-state index is 13.3. The summed E-state index contributed by atoms with van der Waals surface area (Å²) in [6, 6.07) is 2.61. The molecule has 0 fully saturated rings. The first-order valence-electron chi connectivity index (χ1n) is 6.56. The second kappa shape index (κ2) is 7.04. The highest BCUT2D eigenvalue weighted by Crippen LogP contribution is 2.35. The number of hydrogen-bond acceptors (Lipinski definition) is 4. The summed E-state index contributed by atoms with van der Waals surface area (Å²) in [6.07, 6.45) is 2.23. The second-order valence-corrected chi connectivity index (χ2v) is 5.56. The minimum Gasteiger partial charge on any atom is -0.370 e. The number of aromatic nitrogens is 2. The van der Waals surface area contributed by atoms with Gasteiger partial charge in [0.15, 0.2) is 0 Å². The number of benzene rings is 1. The van der Waals surface area contributed by atoms with Crippen molar-refractivity contribution in [1.29, 1.82) is 0 Å². The van der Waals surface area contributed by atoms with Gasteiger partial charge in [0.1, 0.15) is 23.8 Å². The lowest BCUT2D eigenvalue weighted by Crippen LogP contribution is -2.08. The third kappa shape index (κ3) is 3.63. The van der Waals surface area contributed by atoms with Crippen LogP contribution in [-0.2, 0) is 6.42 Å². The van der Waals surface area contributed by atoms with Crippen LogP contribution in [0.3, 0.4) is 0 Å². The molecule has 0 radical (unpaired) electrons. The van der Waals surface area contributed by atoms with E-state index in [1.165, 1.54) is 18.5 Å². The molecule has 1 heterocycles. The van der Waals surface area contributed by atoms with Gasteiger partial charge in [-0.25, -0.2) is 14.4 Å². The molecule has 7 heteroatoms. The fraction of sp³-hybridized carbons (Fsp3) is 0.286. The second-order valence-electron chi connectivity index (χ2n) is 4.30. The largest absolute Gasteiger partial charge is 0.370 e. The van der Waals surface area contributed by atoms with Gasteiger partial charge < -0.3 is 10.6 Å². The van der Waals surface area contributed by atoms with Crippen LogP contribution < -0.4 is 10.6 Å². The molecule has 0 aliphatic heterocycles. The van der Waals surface area contributed by atoms with Gasteiger partial charge in [-0.05, 0) is 41.4 Å². The van der Waals surface area contributed by atoms with Gasteiger partial charge in [-0.15, -0.1) is 0 Å². The molecule has 1 aromatic heterocycles. The monoisotopic (exact) mass is 372 g/mol. The van der Waals surface area contributed by atoms with Crippen molar-refractivity contribution in [3.8, 4) is 0 Å². The van der Waals surface area contributed by atoms with Crippen molar-refractivity contribution in [2.45, 2.75) is 20.3 Å². The molecule has 0 amide bonds. The fourth-order valence-electron chi connectivity index (χ4n) is 1.95. The Morgan fingerprint density at radius 2 is 1.95 bits per heavy atom. The standard InChI is InChI=1S/C14H15BrClFN4/c1-3-9-13(18-4-2)19-7-20-14(9)21-12-10(15)5-8(17)6-11(12)16/h5-7H,3-4H2,1-2H3,(H2,18,19,20,21). The Morgan fingerprint density at radius 1 is 1.24 bits per heavy atom. The van der Waals surface area contributed by atoms with E-state index in [2.05, 4.69) is 36.5 Å². The summed E-state index contributed by atoms with van der Waals surface area (Å²) >= 11 is 9.39. The SMILES string of the molecule is CCNc1ncnc(Nc2c(Cl)cc(F)cc2Br)c1CC. The van der Waals surface area contributed by atoms with Gasteiger partial charge in [0.2, 0.25) is 0 Å².